The van der Waals surface area contributed by atoms with Gasteiger partial charge in [-0.05, 0) is 56.0 Å². The van der Waals surface area contributed by atoms with E-state index in [4.69, 9.17) is 43.3 Å². The van der Waals surface area contributed by atoms with E-state index in [2.05, 4.69) is 28.1 Å². The molecule has 0 bridgehead atoms. The highest BCUT2D eigenvalue weighted by molar-refractivity contribution is 7.98. The van der Waals surface area contributed by atoms with Crippen molar-refractivity contribution < 1.29 is 19.1 Å². The van der Waals surface area contributed by atoms with Crippen LogP contribution in [0.15, 0.2) is 58.9 Å². The molecule has 0 radical (unpaired) electrons. The van der Waals surface area contributed by atoms with Gasteiger partial charge in [-0.25, -0.2) is 19.6 Å². The van der Waals surface area contributed by atoms with E-state index < -0.39 is 18.1 Å². The number of hydrogen-bond donors (Lipinski definition) is 2. The van der Waals surface area contributed by atoms with Crippen LogP contribution in [0.2, 0.25) is 5.02 Å². The molecule has 11 nitrogen and oxygen atoms in total. The maximum Gasteiger partial charge on any atom is 0.328 e. The number of anilines is 1. The number of nitrogens with two attached hydrogens (primary N) is 1. The van der Waals surface area contributed by atoms with E-state index in [1.165, 1.54) is 11.8 Å². The van der Waals surface area contributed by atoms with Crippen molar-refractivity contribution in [3.8, 4) is 33.5 Å². The molecule has 1 amide bonds. The molecule has 3 N–H and O–H groups in total. The molecule has 0 spiro atoms. The molecule has 14 heteroatoms. The van der Waals surface area contributed by atoms with Crippen molar-refractivity contribution in [2.75, 3.05) is 31.2 Å². The maximum atomic E-state index is 12.4. The summed E-state index contributed by atoms with van der Waals surface area (Å²) in [5, 5.41) is 17.2. The van der Waals surface area contributed by atoms with Gasteiger partial charge < -0.3 is 25.4 Å². The highest BCUT2D eigenvalue weighted by Crippen LogP contribution is 2.45. The second kappa shape index (κ2) is 19.4. The number of pyridine rings is 1. The molecule has 0 saturated carbocycles. The normalized spacial score (nSPS) is 13.5. The van der Waals surface area contributed by atoms with Crippen molar-refractivity contribution in [3.05, 3.63) is 81.6 Å². The number of amides is 1. The number of ether oxygens (including phenoxy) is 2. The zero-order valence-electron chi connectivity index (χ0n) is 29.8. The summed E-state index contributed by atoms with van der Waals surface area (Å²) >= 11 is 9.03. The van der Waals surface area contributed by atoms with Gasteiger partial charge in [-0.1, -0.05) is 73.8 Å². The van der Waals surface area contributed by atoms with E-state index in [1.54, 1.807) is 30.4 Å². The predicted octanol–water partition coefficient (Wildman–Crippen LogP) is 8.17. The Labute approximate surface area is 323 Å². The SMILES string of the molecule is [C-]#[N+]c1c(N2CCCC2)nc(SCc2csc(-c3ccc(Cl)cc3)n2)c(C#N)c1-c1ccc(OCCOC(=O)[C@H](C)NC(=O)[C@@H](N)CCCCC)cc1. The van der Waals surface area contributed by atoms with Crippen LogP contribution < -0.4 is 20.7 Å². The Morgan fingerprint density at radius 1 is 1.11 bits per heavy atom. The van der Waals surface area contributed by atoms with E-state index >= 15 is 0 Å². The molecule has 53 heavy (non-hydrogen) atoms. The number of nitrogens with one attached hydrogen (secondary N) is 1. The number of thiazole rings is 1. The number of rotatable bonds is 17. The van der Waals surface area contributed by atoms with Crippen molar-refractivity contribution in [2.24, 2.45) is 5.73 Å². The summed E-state index contributed by atoms with van der Waals surface area (Å²) in [5.74, 6) is 0.650. The summed E-state index contributed by atoms with van der Waals surface area (Å²) in [5.41, 5.74) is 9.69. The first-order valence-corrected chi connectivity index (χ1v) is 19.9. The summed E-state index contributed by atoms with van der Waals surface area (Å²) < 4.78 is 11.1. The Bertz CT molecular complexity index is 1950. The monoisotopic (exact) mass is 771 g/mol. The third-order valence-corrected chi connectivity index (χ3v) is 10.9. The van der Waals surface area contributed by atoms with Gasteiger partial charge >= 0.3 is 5.97 Å². The standard InChI is InChI=1S/C39H42ClN7O4S2/c1-4-5-6-9-32(42)36(48)44-25(2)39(49)51-21-20-50-30-16-12-26(13-17-30)33-31(22-41)38(46-35(34(33)43-3)47-18-7-8-19-47)53-24-29-23-52-37(45-29)27-10-14-28(40)15-11-27/h10-17,23,25,32H,4-9,18-21,24,42H2,1-2H3,(H,44,48)/t25-,32-/m0/s1. The number of nitriles is 1. The fraction of sp³-hybridized carbons (Fsp3) is 0.385. The third-order valence-electron chi connectivity index (χ3n) is 8.66. The largest absolute Gasteiger partial charge is 0.490 e. The molecule has 0 unspecified atom stereocenters. The average molecular weight is 772 g/mol. The first-order chi connectivity index (χ1) is 25.7. The highest BCUT2D eigenvalue weighted by Gasteiger charge is 2.27. The Hall–Kier alpha value is -4.66. The first kappa shape index (κ1) is 39.5. The third kappa shape index (κ3) is 10.5. The second-order valence-corrected chi connectivity index (χ2v) is 14.8. The number of benzene rings is 2. The number of nitrogens with zero attached hydrogens (tertiary/aromatic N) is 5. The molecule has 5 rings (SSSR count). The highest BCUT2D eigenvalue weighted by atomic mass is 35.5. The Morgan fingerprint density at radius 3 is 2.51 bits per heavy atom. The Balaban J connectivity index is 1.26. The molecule has 1 fully saturated rings. The molecule has 1 aliphatic rings. The lowest BCUT2D eigenvalue weighted by Crippen LogP contribution is -2.47. The zero-order chi connectivity index (χ0) is 37.7. The molecule has 2 aromatic heterocycles. The number of carbonyl (C=O) groups excluding carboxylic acids is 2. The fourth-order valence-corrected chi connectivity index (χ4v) is 7.73. The van der Waals surface area contributed by atoms with Crippen LogP contribution >= 0.6 is 34.7 Å². The minimum absolute atomic E-state index is 0.0197. The van der Waals surface area contributed by atoms with Gasteiger partial charge in [-0.15, -0.1) is 11.3 Å². The van der Waals surface area contributed by atoms with Crippen molar-refractivity contribution >= 4 is 58.1 Å². The molecule has 276 valence electrons. The van der Waals surface area contributed by atoms with Gasteiger partial charge in [-0.2, -0.15) is 5.26 Å². The van der Waals surface area contributed by atoms with Crippen LogP contribution in [0, 0.1) is 17.9 Å². The quantitative estimate of drug-likeness (QED) is 0.0466. The minimum Gasteiger partial charge on any atom is -0.490 e. The maximum absolute atomic E-state index is 12.4. The number of unbranched alkanes of at least 4 members (excludes halogenated alkanes) is 2. The lowest BCUT2D eigenvalue weighted by Gasteiger charge is -2.22. The van der Waals surface area contributed by atoms with Crippen LogP contribution in [0.1, 0.15) is 63.6 Å². The van der Waals surface area contributed by atoms with E-state index in [9.17, 15) is 14.9 Å². The van der Waals surface area contributed by atoms with Crippen LogP contribution in [-0.4, -0.2) is 60.2 Å². The average Bonchev–Trinajstić information content (AvgIpc) is 3.89. The lowest BCUT2D eigenvalue weighted by molar-refractivity contribution is -0.148. The van der Waals surface area contributed by atoms with Gasteiger partial charge in [0, 0.05) is 40.4 Å². The minimum atomic E-state index is -0.841. The number of halogens is 1. The second-order valence-electron chi connectivity index (χ2n) is 12.6. The van der Waals surface area contributed by atoms with Gasteiger partial charge in [0.25, 0.3) is 0 Å². The summed E-state index contributed by atoms with van der Waals surface area (Å²) in [6.45, 7) is 13.4. The van der Waals surface area contributed by atoms with Gasteiger partial charge in [0.15, 0.2) is 0 Å². The van der Waals surface area contributed by atoms with E-state index in [0.29, 0.717) is 56.2 Å². The smallest absolute Gasteiger partial charge is 0.328 e. The van der Waals surface area contributed by atoms with Crippen molar-refractivity contribution in [1.29, 1.82) is 5.26 Å². The lowest BCUT2D eigenvalue weighted by atomic mass is 9.99. The molecular formula is C39H42ClN7O4S2. The number of hydrogen-bond acceptors (Lipinski definition) is 11. The Morgan fingerprint density at radius 2 is 1.83 bits per heavy atom. The molecule has 1 aliphatic heterocycles. The molecule has 3 heterocycles. The molecule has 4 aromatic rings. The van der Waals surface area contributed by atoms with E-state index in [-0.39, 0.29) is 19.1 Å². The number of thioether (sulfide) groups is 1. The number of aromatic nitrogens is 2. The molecule has 0 aliphatic carbocycles. The number of esters is 1. The van der Waals surface area contributed by atoms with Gasteiger partial charge in [-0.3, -0.25) is 4.79 Å². The summed E-state index contributed by atoms with van der Waals surface area (Å²) in [4.78, 5) is 40.5. The van der Waals surface area contributed by atoms with E-state index in [0.717, 1.165) is 61.5 Å². The van der Waals surface area contributed by atoms with Crippen LogP contribution in [0.3, 0.4) is 0 Å². The number of carbonyl (C=O) groups is 2. The van der Waals surface area contributed by atoms with Crippen LogP contribution in [0.4, 0.5) is 11.5 Å². The Kier molecular flexibility index (Phi) is 14.5. The van der Waals surface area contributed by atoms with Gasteiger partial charge in [0.05, 0.1) is 23.9 Å². The van der Waals surface area contributed by atoms with Crippen molar-refractivity contribution in [3.63, 3.8) is 0 Å². The summed E-state index contributed by atoms with van der Waals surface area (Å²) in [6, 6.07) is 15.5. The van der Waals surface area contributed by atoms with Crippen LogP contribution in [0.25, 0.3) is 26.5 Å². The fourth-order valence-electron chi connectivity index (χ4n) is 5.80. The molecule has 1 saturated heterocycles. The predicted molar refractivity (Wildman–Crippen MR) is 210 cm³/mol. The topological polar surface area (TPSA) is 148 Å². The summed E-state index contributed by atoms with van der Waals surface area (Å²) in [6.07, 6.45) is 5.45. The van der Waals surface area contributed by atoms with Gasteiger partial charge in [0.2, 0.25) is 11.6 Å². The van der Waals surface area contributed by atoms with Crippen molar-refractivity contribution in [1.82, 2.24) is 15.3 Å². The van der Waals surface area contributed by atoms with Gasteiger partial charge in [0.1, 0.15) is 46.9 Å². The summed E-state index contributed by atoms with van der Waals surface area (Å²) in [7, 11) is 0. The molecule has 2 aromatic carbocycles. The zero-order valence-corrected chi connectivity index (χ0v) is 32.2. The van der Waals surface area contributed by atoms with E-state index in [1.807, 2.05) is 41.8 Å². The van der Waals surface area contributed by atoms with Crippen LogP contribution in [-0.2, 0) is 20.1 Å². The molecule has 2 atom stereocenters. The first-order valence-electron chi connectivity index (χ1n) is 17.6. The molecular weight excluding hydrogens is 730 g/mol. The van der Waals surface area contributed by atoms with Crippen LogP contribution in [0.5, 0.6) is 5.75 Å². The van der Waals surface area contributed by atoms with Crippen molar-refractivity contribution in [2.45, 2.75) is 75.2 Å².